The zero-order chi connectivity index (χ0) is 34.6. The molecule has 0 unspecified atom stereocenters. The molecule has 6 saturated heterocycles. The molecule has 0 saturated carbocycles. The van der Waals surface area contributed by atoms with Gasteiger partial charge in [-0.15, -0.1) is 0 Å². The molecule has 6 heterocycles. The molecule has 15 nitrogen and oxygen atoms in total. The topological polar surface area (TPSA) is 235 Å². The minimum absolute atomic E-state index is 0.0640. The number of nitrogens with one attached hydrogen (secondary N) is 6. The van der Waals surface area contributed by atoms with Crippen molar-refractivity contribution in [3.8, 4) is 0 Å². The molecule has 6 amide bonds. The normalized spacial score (nSPS) is 32.0. The highest BCUT2D eigenvalue weighted by molar-refractivity contribution is 8.00. The van der Waals surface area contributed by atoms with Crippen molar-refractivity contribution in [2.75, 3.05) is 17.3 Å². The summed E-state index contributed by atoms with van der Waals surface area (Å²) in [5.41, 5.74) is 0. The van der Waals surface area contributed by atoms with Crippen LogP contribution in [0.4, 0.5) is 14.4 Å². The van der Waals surface area contributed by atoms with Crippen LogP contribution in [0.25, 0.3) is 0 Å². The largest absolute Gasteiger partial charge is 0.481 e. The van der Waals surface area contributed by atoms with Gasteiger partial charge in [-0.05, 0) is 38.5 Å². The second-order valence-corrected chi connectivity index (χ2v) is 16.6. The highest BCUT2D eigenvalue weighted by Crippen LogP contribution is 2.35. The Bertz CT molecular complexity index is 1030. The number of carboxylic acid groups (broad SMARTS) is 3. The van der Waals surface area contributed by atoms with Gasteiger partial charge in [0.05, 0.1) is 36.3 Å². The summed E-state index contributed by atoms with van der Waals surface area (Å²) in [6.45, 7) is 0. The van der Waals surface area contributed by atoms with Crippen molar-refractivity contribution in [2.24, 2.45) is 0 Å². The number of thioether (sulfide) groups is 3. The zero-order valence-electron chi connectivity index (χ0n) is 26.8. The first-order chi connectivity index (χ1) is 23.0. The van der Waals surface area contributed by atoms with Gasteiger partial charge in [0.15, 0.2) is 0 Å². The van der Waals surface area contributed by atoms with Crippen LogP contribution in [-0.4, -0.2) is 121 Å². The van der Waals surface area contributed by atoms with Gasteiger partial charge >= 0.3 is 36.0 Å². The third-order valence-corrected chi connectivity index (χ3v) is 13.7. The molecule has 6 aliphatic heterocycles. The van der Waals surface area contributed by atoms with Crippen LogP contribution < -0.4 is 31.9 Å². The smallest absolute Gasteiger partial charge is 0.315 e. The van der Waals surface area contributed by atoms with E-state index in [1.807, 2.05) is 35.3 Å². The van der Waals surface area contributed by atoms with E-state index in [2.05, 4.69) is 31.9 Å². The van der Waals surface area contributed by atoms with Gasteiger partial charge in [-0.25, -0.2) is 14.4 Å². The third-order valence-electron chi connectivity index (χ3n) is 9.20. The lowest BCUT2D eigenvalue weighted by molar-refractivity contribution is -0.138. The Hall–Kier alpha value is -2.73. The summed E-state index contributed by atoms with van der Waals surface area (Å²) in [6, 6.07) is 1.32. The van der Waals surface area contributed by atoms with Crippen LogP contribution >= 0.6 is 35.3 Å². The molecule has 0 aromatic heterocycles. The number of hydrogen-bond donors (Lipinski definition) is 9. The summed E-state index contributed by atoms with van der Waals surface area (Å²) in [4.78, 5) is 64.4. The summed E-state index contributed by atoms with van der Waals surface area (Å²) in [5.74, 6) is 0.709. The van der Waals surface area contributed by atoms with Gasteiger partial charge in [0.25, 0.3) is 0 Å². The predicted molar refractivity (Wildman–Crippen MR) is 185 cm³/mol. The van der Waals surface area contributed by atoms with Crippen LogP contribution in [0.5, 0.6) is 0 Å². The lowest BCUT2D eigenvalue weighted by Gasteiger charge is -2.16. The molecule has 0 aliphatic carbocycles. The van der Waals surface area contributed by atoms with Crippen molar-refractivity contribution in [1.29, 1.82) is 0 Å². The number of rotatable bonds is 15. The number of aliphatic carboxylic acids is 3. The molecule has 0 spiro atoms. The maximum Gasteiger partial charge on any atom is 0.315 e. The molecule has 18 heteroatoms. The Labute approximate surface area is 292 Å². The number of carbonyl (C=O) groups excluding carboxylic acids is 3. The molecule has 6 rings (SSSR count). The molecule has 0 radical (unpaired) electrons. The minimum Gasteiger partial charge on any atom is -0.481 e. The number of hydrogen-bond acceptors (Lipinski definition) is 9. The zero-order valence-corrected chi connectivity index (χ0v) is 29.3. The fourth-order valence-corrected chi connectivity index (χ4v) is 11.4. The van der Waals surface area contributed by atoms with Gasteiger partial charge in [0, 0.05) is 52.3 Å². The first-order valence-corrected chi connectivity index (χ1v) is 19.9. The summed E-state index contributed by atoms with van der Waals surface area (Å²) in [7, 11) is 0. The molecular weight excluding hydrogens is 685 g/mol. The van der Waals surface area contributed by atoms with Gasteiger partial charge in [-0.1, -0.05) is 19.3 Å². The predicted octanol–water partition coefficient (Wildman–Crippen LogP) is 2.39. The Balaban J connectivity index is 0.000000163. The molecular formula is C30H48N6O9S3. The number of urea groups is 3. The van der Waals surface area contributed by atoms with Crippen molar-refractivity contribution in [2.45, 2.75) is 129 Å². The molecule has 0 aromatic carbocycles. The molecule has 0 bridgehead atoms. The van der Waals surface area contributed by atoms with Gasteiger partial charge in [-0.3, -0.25) is 14.4 Å². The van der Waals surface area contributed by atoms with Gasteiger partial charge < -0.3 is 47.2 Å². The average molecular weight is 733 g/mol. The first kappa shape index (κ1) is 38.1. The molecule has 48 heavy (non-hydrogen) atoms. The molecule has 9 N–H and O–H groups in total. The van der Waals surface area contributed by atoms with Crippen LogP contribution in [0, 0.1) is 0 Å². The average Bonchev–Trinajstić information content (AvgIpc) is 3.85. The highest BCUT2D eigenvalue weighted by atomic mass is 32.2. The second-order valence-electron chi connectivity index (χ2n) is 12.8. The van der Waals surface area contributed by atoms with Crippen molar-refractivity contribution < 1.29 is 44.1 Å². The maximum absolute atomic E-state index is 11.1. The Morgan fingerprint density at radius 1 is 0.479 bits per heavy atom. The monoisotopic (exact) mass is 732 g/mol. The molecule has 9 atom stereocenters. The van der Waals surface area contributed by atoms with Crippen molar-refractivity contribution in [1.82, 2.24) is 31.9 Å². The van der Waals surface area contributed by atoms with E-state index < -0.39 is 17.9 Å². The lowest BCUT2D eigenvalue weighted by Crippen LogP contribution is -2.36. The van der Waals surface area contributed by atoms with Crippen LogP contribution in [-0.2, 0) is 14.4 Å². The van der Waals surface area contributed by atoms with Gasteiger partial charge in [0.2, 0.25) is 0 Å². The minimum atomic E-state index is -0.729. The van der Waals surface area contributed by atoms with Crippen LogP contribution in [0.15, 0.2) is 0 Å². The lowest BCUT2D eigenvalue weighted by atomic mass is 10.0. The highest BCUT2D eigenvalue weighted by Gasteiger charge is 2.44. The van der Waals surface area contributed by atoms with Gasteiger partial charge in [-0.2, -0.15) is 35.3 Å². The quantitative estimate of drug-likeness (QED) is 0.0872. The second kappa shape index (κ2) is 18.9. The van der Waals surface area contributed by atoms with E-state index in [9.17, 15) is 28.8 Å². The van der Waals surface area contributed by atoms with Gasteiger partial charge in [0.1, 0.15) is 0 Å². The Morgan fingerprint density at radius 2 is 0.750 bits per heavy atom. The fourth-order valence-electron chi connectivity index (χ4n) is 6.79. The SMILES string of the molecule is O=C(O)CCCC[C@@H]1SC[C@@H]2NC(=O)N[C@@H]21.O=C(O)CCCC[C@@H]1SC[C@@H]2NC(=O)N[C@@H]21.O=C(O)CCCC[C@@H]1SC[C@@H]2NC(=O)N[C@@H]21. The summed E-state index contributed by atoms with van der Waals surface area (Å²) in [6.07, 6.45) is 8.64. The summed E-state index contributed by atoms with van der Waals surface area (Å²) >= 11 is 5.61. The summed E-state index contributed by atoms with van der Waals surface area (Å²) in [5, 5.41) is 44.3. The molecule has 270 valence electrons. The molecule has 6 fully saturated rings. The van der Waals surface area contributed by atoms with E-state index in [0.717, 1.165) is 75.0 Å². The maximum atomic E-state index is 11.1. The van der Waals surface area contributed by atoms with E-state index in [4.69, 9.17) is 15.3 Å². The van der Waals surface area contributed by atoms with Crippen LogP contribution in [0.2, 0.25) is 0 Å². The first-order valence-electron chi connectivity index (χ1n) is 16.7. The van der Waals surface area contributed by atoms with Crippen LogP contribution in [0.3, 0.4) is 0 Å². The Morgan fingerprint density at radius 3 is 1.00 bits per heavy atom. The fraction of sp³-hybridized carbons (Fsp3) is 0.800. The number of amides is 6. The summed E-state index contributed by atoms with van der Waals surface area (Å²) < 4.78 is 0. The van der Waals surface area contributed by atoms with Crippen molar-refractivity contribution in [3.63, 3.8) is 0 Å². The van der Waals surface area contributed by atoms with Crippen molar-refractivity contribution >= 4 is 71.3 Å². The molecule has 0 aromatic rings. The number of carbonyl (C=O) groups is 6. The standard InChI is InChI=1S/3C10H16N2O3S/c3*13-8(14)4-2-1-3-7-9-6(5-16-7)11-10(15)12-9/h3*6-7,9H,1-5H2,(H,13,14)(H2,11,12,15)/t3*6-,7-,9-/m000/s1. The van der Waals surface area contributed by atoms with Crippen molar-refractivity contribution in [3.05, 3.63) is 0 Å². The van der Waals surface area contributed by atoms with E-state index in [1.165, 1.54) is 0 Å². The third kappa shape index (κ3) is 11.7. The van der Waals surface area contributed by atoms with E-state index in [0.29, 0.717) is 15.7 Å². The molecule has 6 aliphatic rings. The Kier molecular flexibility index (Phi) is 15.0. The van der Waals surface area contributed by atoms with E-state index in [-0.39, 0.29) is 73.6 Å². The van der Waals surface area contributed by atoms with E-state index in [1.54, 1.807) is 0 Å². The van der Waals surface area contributed by atoms with E-state index >= 15 is 0 Å². The number of fused-ring (bicyclic) bond motifs is 3. The van der Waals surface area contributed by atoms with Crippen LogP contribution in [0.1, 0.15) is 77.0 Å². The number of carboxylic acids is 3. The number of unbranched alkanes of at least 4 members (excludes halogenated alkanes) is 3.